The zero-order valence-corrected chi connectivity index (χ0v) is 8.92. The molecule has 0 aliphatic heterocycles. The second-order valence-electron chi connectivity index (χ2n) is 3.22. The zero-order valence-electron chi connectivity index (χ0n) is 8.92. The van der Waals surface area contributed by atoms with Crippen molar-refractivity contribution in [3.8, 4) is 5.75 Å². The largest absolute Gasteiger partial charge is 0.492 e. The van der Waals surface area contributed by atoms with Crippen LogP contribution in [-0.2, 0) is 6.54 Å². The number of nitrogens with zero attached hydrogens (tertiary/aromatic N) is 1. The molecule has 0 fully saturated rings. The molecule has 1 N–H and O–H groups in total. The Labute approximate surface area is 85.5 Å². The number of pyridine rings is 1. The Kier molecular flexibility index (Phi) is 5.00. The van der Waals surface area contributed by atoms with E-state index in [4.69, 9.17) is 4.74 Å². The van der Waals surface area contributed by atoms with Gasteiger partial charge in [-0.25, -0.2) is 0 Å². The summed E-state index contributed by atoms with van der Waals surface area (Å²) in [4.78, 5) is 4.26. The normalized spacial score (nSPS) is 10.1. The Hall–Kier alpha value is -1.09. The SMILES string of the molecule is CCCCOc1ccc(CNC)nc1. The van der Waals surface area contributed by atoms with Gasteiger partial charge in [-0.2, -0.15) is 0 Å². The third kappa shape index (κ3) is 3.75. The van der Waals surface area contributed by atoms with Crippen molar-refractivity contribution in [1.82, 2.24) is 10.3 Å². The number of rotatable bonds is 6. The third-order valence-electron chi connectivity index (χ3n) is 1.92. The molecule has 78 valence electrons. The summed E-state index contributed by atoms with van der Waals surface area (Å²) < 4.78 is 5.50. The number of ether oxygens (including phenoxy) is 1. The molecule has 0 aliphatic carbocycles. The van der Waals surface area contributed by atoms with Crippen molar-refractivity contribution < 1.29 is 4.74 Å². The van der Waals surface area contributed by atoms with E-state index in [2.05, 4.69) is 17.2 Å². The highest BCUT2D eigenvalue weighted by Gasteiger charge is 1.95. The van der Waals surface area contributed by atoms with E-state index in [1.807, 2.05) is 19.2 Å². The smallest absolute Gasteiger partial charge is 0.137 e. The third-order valence-corrected chi connectivity index (χ3v) is 1.92. The first kappa shape index (κ1) is 11.0. The molecule has 14 heavy (non-hydrogen) atoms. The van der Waals surface area contributed by atoms with Crippen molar-refractivity contribution in [2.24, 2.45) is 0 Å². The van der Waals surface area contributed by atoms with Crippen molar-refractivity contribution in [3.63, 3.8) is 0 Å². The molecule has 0 atom stereocenters. The van der Waals surface area contributed by atoms with Crippen molar-refractivity contribution in [1.29, 1.82) is 0 Å². The van der Waals surface area contributed by atoms with E-state index in [0.29, 0.717) is 0 Å². The molecule has 0 aliphatic rings. The van der Waals surface area contributed by atoms with E-state index in [1.54, 1.807) is 6.20 Å². The molecule has 0 bridgehead atoms. The minimum atomic E-state index is 0.781. The molecular weight excluding hydrogens is 176 g/mol. The van der Waals surface area contributed by atoms with Gasteiger partial charge in [0.2, 0.25) is 0 Å². The molecule has 0 amide bonds. The first-order valence-corrected chi connectivity index (χ1v) is 5.09. The zero-order chi connectivity index (χ0) is 10.2. The topological polar surface area (TPSA) is 34.1 Å². The monoisotopic (exact) mass is 194 g/mol. The second-order valence-corrected chi connectivity index (χ2v) is 3.22. The molecule has 0 unspecified atom stereocenters. The van der Waals surface area contributed by atoms with Crippen LogP contribution in [0.1, 0.15) is 25.5 Å². The predicted octanol–water partition coefficient (Wildman–Crippen LogP) is 1.98. The van der Waals surface area contributed by atoms with Crippen LogP contribution in [0.15, 0.2) is 18.3 Å². The Morgan fingerprint density at radius 3 is 2.86 bits per heavy atom. The van der Waals surface area contributed by atoms with Gasteiger partial charge >= 0.3 is 0 Å². The standard InChI is InChI=1S/C11H18N2O/c1-3-4-7-14-11-6-5-10(8-12-2)13-9-11/h5-6,9,12H,3-4,7-8H2,1-2H3. The van der Waals surface area contributed by atoms with Gasteiger partial charge in [0.25, 0.3) is 0 Å². The molecule has 1 heterocycles. The van der Waals surface area contributed by atoms with E-state index >= 15 is 0 Å². The lowest BCUT2D eigenvalue weighted by molar-refractivity contribution is 0.308. The van der Waals surface area contributed by atoms with Gasteiger partial charge in [-0.15, -0.1) is 0 Å². The van der Waals surface area contributed by atoms with Crippen LogP contribution in [0, 0.1) is 0 Å². The maximum atomic E-state index is 5.50. The number of hydrogen-bond acceptors (Lipinski definition) is 3. The minimum Gasteiger partial charge on any atom is -0.492 e. The van der Waals surface area contributed by atoms with Crippen LogP contribution >= 0.6 is 0 Å². The Morgan fingerprint density at radius 2 is 2.29 bits per heavy atom. The highest BCUT2D eigenvalue weighted by atomic mass is 16.5. The van der Waals surface area contributed by atoms with Gasteiger partial charge in [-0.05, 0) is 25.6 Å². The number of aromatic nitrogens is 1. The predicted molar refractivity (Wildman–Crippen MR) is 57.4 cm³/mol. The lowest BCUT2D eigenvalue weighted by atomic mass is 10.3. The molecular formula is C11H18N2O. The quantitative estimate of drug-likeness (QED) is 0.703. The Bertz CT molecular complexity index is 246. The lowest BCUT2D eigenvalue weighted by Crippen LogP contribution is -2.06. The summed E-state index contributed by atoms with van der Waals surface area (Å²) in [5, 5.41) is 3.05. The van der Waals surface area contributed by atoms with Crippen LogP contribution in [0.2, 0.25) is 0 Å². The van der Waals surface area contributed by atoms with E-state index in [1.165, 1.54) is 0 Å². The van der Waals surface area contributed by atoms with Crippen LogP contribution in [0.3, 0.4) is 0 Å². The van der Waals surface area contributed by atoms with Gasteiger partial charge in [0.05, 0.1) is 18.5 Å². The summed E-state index contributed by atoms with van der Waals surface area (Å²) in [5.74, 6) is 0.860. The molecule has 0 saturated heterocycles. The van der Waals surface area contributed by atoms with E-state index in [9.17, 15) is 0 Å². The van der Waals surface area contributed by atoms with Gasteiger partial charge in [0.1, 0.15) is 5.75 Å². The summed E-state index contributed by atoms with van der Waals surface area (Å²) >= 11 is 0. The number of unbranched alkanes of at least 4 members (excludes halogenated alkanes) is 1. The maximum Gasteiger partial charge on any atom is 0.137 e. The van der Waals surface area contributed by atoms with Crippen molar-refractivity contribution in [2.45, 2.75) is 26.3 Å². The molecule has 1 aromatic rings. The highest BCUT2D eigenvalue weighted by molar-refractivity contribution is 5.19. The van der Waals surface area contributed by atoms with E-state index in [0.717, 1.165) is 37.4 Å². The summed E-state index contributed by atoms with van der Waals surface area (Å²) in [5.41, 5.74) is 1.04. The Morgan fingerprint density at radius 1 is 1.43 bits per heavy atom. The number of nitrogens with one attached hydrogen (secondary N) is 1. The molecule has 1 aromatic heterocycles. The van der Waals surface area contributed by atoms with Gasteiger partial charge in [-0.1, -0.05) is 13.3 Å². The first-order valence-electron chi connectivity index (χ1n) is 5.09. The molecule has 0 spiro atoms. The number of hydrogen-bond donors (Lipinski definition) is 1. The fourth-order valence-corrected chi connectivity index (χ4v) is 1.12. The van der Waals surface area contributed by atoms with Crippen LogP contribution in [-0.4, -0.2) is 18.6 Å². The fourth-order valence-electron chi connectivity index (χ4n) is 1.12. The average Bonchev–Trinajstić information content (AvgIpc) is 2.21. The Balaban J connectivity index is 2.38. The molecule has 1 rings (SSSR count). The van der Waals surface area contributed by atoms with Crippen LogP contribution < -0.4 is 10.1 Å². The van der Waals surface area contributed by atoms with Gasteiger partial charge in [0.15, 0.2) is 0 Å². The first-order chi connectivity index (χ1) is 6.86. The summed E-state index contributed by atoms with van der Waals surface area (Å²) in [7, 11) is 1.91. The van der Waals surface area contributed by atoms with Crippen molar-refractivity contribution in [3.05, 3.63) is 24.0 Å². The summed E-state index contributed by atoms with van der Waals surface area (Å²) in [6, 6.07) is 3.95. The molecule has 3 heteroatoms. The average molecular weight is 194 g/mol. The van der Waals surface area contributed by atoms with Gasteiger partial charge < -0.3 is 10.1 Å². The lowest BCUT2D eigenvalue weighted by Gasteiger charge is -2.05. The molecule has 3 nitrogen and oxygen atoms in total. The highest BCUT2D eigenvalue weighted by Crippen LogP contribution is 2.09. The van der Waals surface area contributed by atoms with Crippen molar-refractivity contribution in [2.75, 3.05) is 13.7 Å². The maximum absolute atomic E-state index is 5.50. The van der Waals surface area contributed by atoms with Crippen LogP contribution in [0.25, 0.3) is 0 Å². The summed E-state index contributed by atoms with van der Waals surface area (Å²) in [6.45, 7) is 3.73. The fraction of sp³-hybridized carbons (Fsp3) is 0.545. The minimum absolute atomic E-state index is 0.781. The van der Waals surface area contributed by atoms with Gasteiger partial charge in [0, 0.05) is 6.54 Å². The van der Waals surface area contributed by atoms with Gasteiger partial charge in [-0.3, -0.25) is 4.98 Å². The van der Waals surface area contributed by atoms with E-state index in [-0.39, 0.29) is 0 Å². The van der Waals surface area contributed by atoms with Crippen LogP contribution in [0.4, 0.5) is 0 Å². The van der Waals surface area contributed by atoms with E-state index < -0.39 is 0 Å². The van der Waals surface area contributed by atoms with Crippen LogP contribution in [0.5, 0.6) is 5.75 Å². The van der Waals surface area contributed by atoms with Crippen molar-refractivity contribution >= 4 is 0 Å². The molecule has 0 aromatic carbocycles. The molecule has 0 radical (unpaired) electrons. The second kappa shape index (κ2) is 6.38. The molecule has 0 saturated carbocycles. The summed E-state index contributed by atoms with van der Waals surface area (Å²) in [6.07, 6.45) is 4.03.